The first-order valence-electron chi connectivity index (χ1n) is 23.6. The van der Waals surface area contributed by atoms with Gasteiger partial charge in [-0.2, -0.15) is 0 Å². The Morgan fingerprint density at radius 3 is 1.88 bits per heavy atom. The van der Waals surface area contributed by atoms with E-state index in [4.69, 9.17) is 9.72 Å². The van der Waals surface area contributed by atoms with Crippen LogP contribution in [0.25, 0.3) is 77.7 Å². The molecule has 0 radical (unpaired) electrons. The molecule has 0 fully saturated rings. The van der Waals surface area contributed by atoms with Gasteiger partial charge in [0.1, 0.15) is 0 Å². The van der Waals surface area contributed by atoms with Crippen LogP contribution >= 0.6 is 0 Å². The predicted molar refractivity (Wildman–Crippen MR) is 276 cm³/mol. The normalized spacial score (nSPS) is 13.9. The van der Waals surface area contributed by atoms with E-state index in [1.807, 2.05) is 6.20 Å². The number of fused-ring (bicyclic) bond motifs is 5. The van der Waals surface area contributed by atoms with Gasteiger partial charge in [0.15, 0.2) is 0 Å². The number of rotatable bonds is 8. The van der Waals surface area contributed by atoms with Gasteiger partial charge in [-0.1, -0.05) is 57.2 Å². The molecule has 3 heterocycles. The molecule has 1 aliphatic carbocycles. The van der Waals surface area contributed by atoms with E-state index in [1.165, 1.54) is 72.2 Å². The average molecular weight is 1060 g/mol. The first-order valence-corrected chi connectivity index (χ1v) is 24.7. The average Bonchev–Trinajstić information content (AvgIpc) is 3.86. The van der Waals surface area contributed by atoms with E-state index in [1.54, 1.807) is 0 Å². The van der Waals surface area contributed by atoms with Gasteiger partial charge in [0.05, 0.1) is 0 Å². The second-order valence-corrected chi connectivity index (χ2v) is 20.0. The maximum absolute atomic E-state index is 6.97. The van der Waals surface area contributed by atoms with Crippen molar-refractivity contribution in [3.63, 3.8) is 0 Å². The molecule has 3 aromatic heterocycles. The Morgan fingerprint density at radius 1 is 0.529 bits per heavy atom. The molecule has 0 saturated heterocycles. The third-order valence-corrected chi connectivity index (χ3v) is 14.9. The molecular weight excluding hydrogens is 1010 g/mol. The smallest absolute Gasteiger partial charge is 0.0149 e. The SMILES string of the molecule is CC(C)(C)c1ccnc(-n2c3ccc(-c4ccccc4)cc3c3ccc(Oc4ccc5c(c4)C(n4[c](=[Pt])n(-c6c(-c7ccccc7)cccc6-c6ccccc6)c6ccccc64)CCC5)cc32)c1. The third-order valence-electron chi connectivity index (χ3n) is 13.8. The van der Waals surface area contributed by atoms with Crippen molar-refractivity contribution in [1.29, 1.82) is 0 Å². The molecule has 5 nitrogen and oxygen atoms in total. The predicted octanol–water partition coefficient (Wildman–Crippen LogP) is 16.0. The molecule has 1 unspecified atom stereocenters. The molecule has 0 N–H and O–H groups in total. The molecule has 8 aromatic carbocycles. The first-order chi connectivity index (χ1) is 33.3. The fraction of sp³-hybridized carbons (Fsp3) is 0.129. The molecule has 0 amide bonds. The third kappa shape index (κ3) is 7.37. The minimum Gasteiger partial charge on any atom is -0.0149 e. The van der Waals surface area contributed by atoms with E-state index >= 15 is 0 Å². The Balaban J connectivity index is 0.981. The molecule has 0 saturated carbocycles. The molecule has 334 valence electrons. The van der Waals surface area contributed by atoms with Crippen molar-refractivity contribution in [3.05, 3.63) is 227 Å². The number of ether oxygens (including phenoxy) is 1. The summed E-state index contributed by atoms with van der Waals surface area (Å²) in [6, 6.07) is 72.4. The van der Waals surface area contributed by atoms with Crippen molar-refractivity contribution in [2.45, 2.75) is 51.5 Å². The van der Waals surface area contributed by atoms with Crippen LogP contribution in [-0.4, -0.2) is 18.7 Å². The Bertz CT molecular complexity index is 3690. The Kier molecular flexibility index (Phi) is 10.6. The first kappa shape index (κ1) is 42.1. The summed E-state index contributed by atoms with van der Waals surface area (Å²) >= 11 is 2.59. The van der Waals surface area contributed by atoms with Crippen LogP contribution in [0, 0.1) is 3.80 Å². The van der Waals surface area contributed by atoms with E-state index in [9.17, 15) is 0 Å². The minimum atomic E-state index is -0.0292. The fourth-order valence-corrected chi connectivity index (χ4v) is 11.6. The van der Waals surface area contributed by atoms with Crippen LogP contribution in [0.15, 0.2) is 206 Å². The number of nitrogens with zero attached hydrogens (tertiary/aromatic N) is 4. The van der Waals surface area contributed by atoms with Crippen LogP contribution in [-0.2, 0) is 31.2 Å². The minimum absolute atomic E-state index is 0.0292. The van der Waals surface area contributed by atoms with Gasteiger partial charge >= 0.3 is 296 Å². The fourth-order valence-electron chi connectivity index (χ4n) is 10.5. The summed E-state index contributed by atoms with van der Waals surface area (Å²) < 4.78 is 15.5. The maximum Gasteiger partial charge on any atom is -0.0149 e. The van der Waals surface area contributed by atoms with E-state index in [0.717, 1.165) is 56.8 Å². The topological polar surface area (TPSA) is 36.9 Å². The maximum atomic E-state index is 6.97. The Morgan fingerprint density at radius 2 is 1.18 bits per heavy atom. The summed E-state index contributed by atoms with van der Waals surface area (Å²) in [5, 5.41) is 2.34. The van der Waals surface area contributed by atoms with Crippen molar-refractivity contribution >= 4 is 32.8 Å². The number of hydrogen-bond acceptors (Lipinski definition) is 2. The van der Waals surface area contributed by atoms with Gasteiger partial charge in [0, 0.05) is 6.20 Å². The van der Waals surface area contributed by atoms with Gasteiger partial charge in [-0.15, -0.1) is 0 Å². The molecule has 11 aromatic rings. The van der Waals surface area contributed by atoms with Crippen LogP contribution in [0.1, 0.15) is 56.3 Å². The van der Waals surface area contributed by atoms with E-state index in [-0.39, 0.29) is 11.5 Å². The Hall–Kier alpha value is -7.33. The zero-order chi connectivity index (χ0) is 45.9. The summed E-state index contributed by atoms with van der Waals surface area (Å²) in [5.74, 6) is 2.51. The number of para-hydroxylation sites is 3. The van der Waals surface area contributed by atoms with E-state index < -0.39 is 0 Å². The number of imidazole rings is 1. The summed E-state index contributed by atoms with van der Waals surface area (Å²) in [4.78, 5) is 4.98. The van der Waals surface area contributed by atoms with E-state index in [2.05, 4.69) is 254 Å². The van der Waals surface area contributed by atoms with Crippen molar-refractivity contribution in [3.8, 4) is 56.4 Å². The number of aromatic nitrogens is 4. The monoisotopic (exact) mass is 1060 g/mol. The zero-order valence-corrected chi connectivity index (χ0v) is 40.6. The standard InChI is InChI=1S/C62H50N4O.Pt/c1-62(2,3)47-35-36-63-60(38-47)66-56-34-30-46(42-17-7-4-8-18-42)37-54(56)52-33-32-49(40-59(52)66)67-48-31-29-45-23-15-28-55(53(45)39-48)64-41-65(58-27-14-13-26-57(58)64)61-50(43-19-9-5-10-20-43)24-16-25-51(61)44-21-11-6-12-22-44;/h4-14,16-22,24-27,29-40,55H,15,23,28H2,1-3H3;. The van der Waals surface area contributed by atoms with Gasteiger partial charge in [0.2, 0.25) is 0 Å². The van der Waals surface area contributed by atoms with Crippen molar-refractivity contribution < 1.29 is 24.1 Å². The number of aryl methyl sites for hydroxylation is 1. The molecule has 0 aliphatic heterocycles. The second-order valence-electron chi connectivity index (χ2n) is 19.0. The number of hydrogen-bond donors (Lipinski definition) is 0. The molecule has 0 spiro atoms. The van der Waals surface area contributed by atoms with Gasteiger partial charge in [-0.3, -0.25) is 0 Å². The van der Waals surface area contributed by atoms with Crippen LogP contribution in [0.3, 0.4) is 0 Å². The van der Waals surface area contributed by atoms with Gasteiger partial charge in [-0.25, -0.2) is 4.98 Å². The van der Waals surface area contributed by atoms with Crippen LogP contribution < -0.4 is 4.74 Å². The van der Waals surface area contributed by atoms with Gasteiger partial charge < -0.3 is 0 Å². The molecule has 1 aliphatic rings. The number of pyridine rings is 1. The van der Waals surface area contributed by atoms with Gasteiger partial charge in [-0.05, 0) is 46.4 Å². The van der Waals surface area contributed by atoms with Crippen molar-refractivity contribution in [2.24, 2.45) is 0 Å². The Labute approximate surface area is 408 Å². The molecule has 68 heavy (non-hydrogen) atoms. The molecule has 1 atom stereocenters. The summed E-state index contributed by atoms with van der Waals surface area (Å²) in [5.41, 5.74) is 16.8. The van der Waals surface area contributed by atoms with Crippen molar-refractivity contribution in [1.82, 2.24) is 18.7 Å². The number of benzene rings is 8. The molecular formula is C62H50N4OPt. The van der Waals surface area contributed by atoms with Crippen molar-refractivity contribution in [2.75, 3.05) is 0 Å². The zero-order valence-electron chi connectivity index (χ0n) is 38.3. The summed E-state index contributed by atoms with van der Waals surface area (Å²) in [7, 11) is 0. The van der Waals surface area contributed by atoms with E-state index in [0.29, 0.717) is 0 Å². The largest absolute Gasteiger partial charge is 0.0149 e. The van der Waals surface area contributed by atoms with Crippen LogP contribution in [0.5, 0.6) is 11.5 Å². The second kappa shape index (κ2) is 17.1. The molecule has 0 bridgehead atoms. The van der Waals surface area contributed by atoms with Crippen LogP contribution in [0.4, 0.5) is 0 Å². The van der Waals surface area contributed by atoms with Crippen LogP contribution in [0.2, 0.25) is 0 Å². The molecule has 12 rings (SSSR count). The van der Waals surface area contributed by atoms with Gasteiger partial charge in [0.25, 0.3) is 0 Å². The summed E-state index contributed by atoms with van der Waals surface area (Å²) in [6.45, 7) is 6.76. The molecule has 6 heteroatoms. The summed E-state index contributed by atoms with van der Waals surface area (Å²) in [6.07, 6.45) is 5.11. The quantitative estimate of drug-likeness (QED) is 0.152.